The number of hydrogen-bond acceptors (Lipinski definition) is 5. The normalized spacial score (nSPS) is 19.0. The number of nitrogens with one attached hydrogen (secondary N) is 2. The molecule has 0 saturated carbocycles. The second kappa shape index (κ2) is 10.6. The van der Waals surface area contributed by atoms with Gasteiger partial charge in [-0.3, -0.25) is 4.79 Å². The van der Waals surface area contributed by atoms with Gasteiger partial charge in [-0.25, -0.2) is 13.1 Å². The van der Waals surface area contributed by atoms with Crippen molar-refractivity contribution in [3.63, 3.8) is 0 Å². The van der Waals surface area contributed by atoms with Gasteiger partial charge in [0, 0.05) is 19.7 Å². The summed E-state index contributed by atoms with van der Waals surface area (Å²) < 4.78 is 37.6. The van der Waals surface area contributed by atoms with Crippen molar-refractivity contribution in [3.05, 3.63) is 35.9 Å². The van der Waals surface area contributed by atoms with E-state index in [4.69, 9.17) is 9.47 Å². The fraction of sp³-hybridized carbons (Fsp3) is 0.611. The van der Waals surface area contributed by atoms with Gasteiger partial charge in [0.05, 0.1) is 18.5 Å². The van der Waals surface area contributed by atoms with Gasteiger partial charge in [0.1, 0.15) is 6.10 Å². The summed E-state index contributed by atoms with van der Waals surface area (Å²) >= 11 is 0. The lowest BCUT2D eigenvalue weighted by Crippen LogP contribution is -2.40. The van der Waals surface area contributed by atoms with E-state index in [1.807, 2.05) is 30.3 Å². The monoisotopic (exact) mass is 384 g/mol. The van der Waals surface area contributed by atoms with Crippen LogP contribution in [0.25, 0.3) is 0 Å². The molecule has 1 aliphatic rings. The van der Waals surface area contributed by atoms with Crippen molar-refractivity contribution in [1.29, 1.82) is 0 Å². The summed E-state index contributed by atoms with van der Waals surface area (Å²) in [6, 6.07) is 9.27. The zero-order valence-corrected chi connectivity index (χ0v) is 16.0. The van der Waals surface area contributed by atoms with E-state index in [0.717, 1.165) is 31.4 Å². The molecular formula is C18H28N2O5S. The molecule has 2 N–H and O–H groups in total. The van der Waals surface area contributed by atoms with Gasteiger partial charge >= 0.3 is 0 Å². The summed E-state index contributed by atoms with van der Waals surface area (Å²) in [6.07, 6.45) is 2.53. The highest BCUT2D eigenvalue weighted by atomic mass is 32.2. The molecule has 1 amide bonds. The lowest BCUT2D eigenvalue weighted by atomic mass is 10.1. The summed E-state index contributed by atoms with van der Waals surface area (Å²) in [5.74, 6) is -0.497. The molecule has 2 atom stereocenters. The predicted molar refractivity (Wildman–Crippen MR) is 99.1 cm³/mol. The first kappa shape index (κ1) is 20.8. The average molecular weight is 384 g/mol. The second-order valence-corrected chi connectivity index (χ2v) is 8.31. The molecule has 0 spiro atoms. The SMILES string of the molecule is CC(OCC1CCCCO1)C(=O)NCCS(=O)(=O)NCc1ccccc1. The predicted octanol–water partition coefficient (Wildman–Crippen LogP) is 1.20. The largest absolute Gasteiger partial charge is 0.376 e. The summed E-state index contributed by atoms with van der Waals surface area (Å²) in [7, 11) is -3.46. The Labute approximate surface area is 155 Å². The molecule has 7 nitrogen and oxygen atoms in total. The lowest BCUT2D eigenvalue weighted by molar-refractivity contribution is -0.135. The van der Waals surface area contributed by atoms with E-state index in [9.17, 15) is 13.2 Å². The molecular weight excluding hydrogens is 356 g/mol. The molecule has 8 heteroatoms. The van der Waals surface area contributed by atoms with Crippen molar-refractivity contribution in [2.45, 2.75) is 44.9 Å². The molecule has 0 radical (unpaired) electrons. The minimum Gasteiger partial charge on any atom is -0.376 e. The third kappa shape index (κ3) is 7.82. The van der Waals surface area contributed by atoms with E-state index in [0.29, 0.717) is 6.61 Å². The van der Waals surface area contributed by atoms with Crippen LogP contribution in [-0.4, -0.2) is 52.0 Å². The maximum atomic E-state index is 12.0. The maximum Gasteiger partial charge on any atom is 0.248 e. The van der Waals surface area contributed by atoms with E-state index >= 15 is 0 Å². The average Bonchev–Trinajstić information content (AvgIpc) is 2.66. The van der Waals surface area contributed by atoms with Crippen LogP contribution in [0.2, 0.25) is 0 Å². The number of ether oxygens (including phenoxy) is 2. The third-order valence-electron chi connectivity index (χ3n) is 4.18. The zero-order chi connectivity index (χ0) is 18.8. The van der Waals surface area contributed by atoms with Gasteiger partial charge in [-0.15, -0.1) is 0 Å². The molecule has 1 saturated heterocycles. The number of benzene rings is 1. The first-order valence-corrected chi connectivity index (χ1v) is 10.6. The first-order valence-electron chi connectivity index (χ1n) is 8.98. The zero-order valence-electron chi connectivity index (χ0n) is 15.1. The van der Waals surface area contributed by atoms with Gasteiger partial charge in [0.2, 0.25) is 15.9 Å². The maximum absolute atomic E-state index is 12.0. The molecule has 1 aliphatic heterocycles. The van der Waals surface area contributed by atoms with Crippen LogP contribution in [0.5, 0.6) is 0 Å². The Morgan fingerprint density at radius 1 is 1.31 bits per heavy atom. The van der Waals surface area contributed by atoms with Crippen LogP contribution in [0.15, 0.2) is 30.3 Å². The summed E-state index contributed by atoms with van der Waals surface area (Å²) in [6.45, 7) is 3.04. The molecule has 0 aliphatic carbocycles. The summed E-state index contributed by atoms with van der Waals surface area (Å²) in [4.78, 5) is 12.0. The van der Waals surface area contributed by atoms with Crippen LogP contribution in [-0.2, 0) is 30.8 Å². The van der Waals surface area contributed by atoms with Crippen LogP contribution >= 0.6 is 0 Å². The first-order chi connectivity index (χ1) is 12.5. The van der Waals surface area contributed by atoms with Crippen molar-refractivity contribution in [3.8, 4) is 0 Å². The van der Waals surface area contributed by atoms with Crippen molar-refractivity contribution in [2.24, 2.45) is 0 Å². The number of sulfonamides is 1. The van der Waals surface area contributed by atoms with E-state index in [1.165, 1.54) is 0 Å². The van der Waals surface area contributed by atoms with Crippen LogP contribution in [0.1, 0.15) is 31.7 Å². The lowest BCUT2D eigenvalue weighted by Gasteiger charge is -2.23. The number of hydrogen-bond donors (Lipinski definition) is 2. The highest BCUT2D eigenvalue weighted by Crippen LogP contribution is 2.13. The molecule has 1 aromatic rings. The summed E-state index contributed by atoms with van der Waals surface area (Å²) in [5.41, 5.74) is 0.882. The Kier molecular flexibility index (Phi) is 8.50. The highest BCUT2D eigenvalue weighted by molar-refractivity contribution is 7.89. The molecule has 26 heavy (non-hydrogen) atoms. The van der Waals surface area contributed by atoms with Crippen molar-refractivity contribution >= 4 is 15.9 Å². The van der Waals surface area contributed by atoms with Crippen LogP contribution in [0, 0.1) is 0 Å². The molecule has 2 rings (SSSR count). The smallest absolute Gasteiger partial charge is 0.248 e. The quantitative estimate of drug-likeness (QED) is 0.632. The topological polar surface area (TPSA) is 93.7 Å². The number of carbonyl (C=O) groups is 1. The standard InChI is InChI=1S/C18H28N2O5S/c1-15(25-14-17-9-5-6-11-24-17)18(21)19-10-12-26(22,23)20-13-16-7-3-2-4-8-16/h2-4,7-8,15,17,20H,5-6,9-14H2,1H3,(H,19,21). The van der Waals surface area contributed by atoms with E-state index in [2.05, 4.69) is 10.0 Å². The van der Waals surface area contributed by atoms with Crippen LogP contribution in [0.4, 0.5) is 0 Å². The van der Waals surface area contributed by atoms with Gasteiger partial charge in [0.15, 0.2) is 0 Å². The second-order valence-electron chi connectivity index (χ2n) is 6.38. The third-order valence-corrected chi connectivity index (χ3v) is 5.51. The minimum atomic E-state index is -3.46. The fourth-order valence-corrected chi connectivity index (χ4v) is 3.48. The van der Waals surface area contributed by atoms with Crippen molar-refractivity contribution in [2.75, 3.05) is 25.5 Å². The molecule has 0 aromatic heterocycles. The molecule has 1 aromatic carbocycles. The van der Waals surface area contributed by atoms with Gasteiger partial charge in [-0.1, -0.05) is 30.3 Å². The molecule has 1 fully saturated rings. The van der Waals surface area contributed by atoms with Gasteiger partial charge in [-0.05, 0) is 31.7 Å². The van der Waals surface area contributed by atoms with Gasteiger partial charge < -0.3 is 14.8 Å². The number of carbonyl (C=O) groups excluding carboxylic acids is 1. The van der Waals surface area contributed by atoms with Crippen molar-refractivity contribution in [1.82, 2.24) is 10.0 Å². The minimum absolute atomic E-state index is 0.0383. The Balaban J connectivity index is 1.62. The molecule has 146 valence electrons. The van der Waals surface area contributed by atoms with E-state index in [1.54, 1.807) is 6.92 Å². The molecule has 2 unspecified atom stereocenters. The van der Waals surface area contributed by atoms with Crippen LogP contribution in [0.3, 0.4) is 0 Å². The fourth-order valence-electron chi connectivity index (χ4n) is 2.58. The van der Waals surface area contributed by atoms with Gasteiger partial charge in [-0.2, -0.15) is 0 Å². The van der Waals surface area contributed by atoms with E-state index in [-0.39, 0.29) is 30.9 Å². The Morgan fingerprint density at radius 3 is 2.77 bits per heavy atom. The van der Waals surface area contributed by atoms with Crippen LogP contribution < -0.4 is 10.0 Å². The number of amides is 1. The van der Waals surface area contributed by atoms with Crippen molar-refractivity contribution < 1.29 is 22.7 Å². The Morgan fingerprint density at radius 2 is 2.08 bits per heavy atom. The molecule has 0 bridgehead atoms. The number of rotatable bonds is 10. The Hall–Kier alpha value is -1.48. The Bertz CT molecular complexity index is 645. The highest BCUT2D eigenvalue weighted by Gasteiger charge is 2.19. The molecule has 1 heterocycles. The summed E-state index contributed by atoms with van der Waals surface area (Å²) in [5, 5.41) is 2.60. The van der Waals surface area contributed by atoms with E-state index < -0.39 is 16.1 Å². The van der Waals surface area contributed by atoms with Gasteiger partial charge in [0.25, 0.3) is 0 Å².